The number of carbonyl (C=O) groups excluding carboxylic acids is 1. The summed E-state index contributed by atoms with van der Waals surface area (Å²) in [6.45, 7) is 2.66. The summed E-state index contributed by atoms with van der Waals surface area (Å²) < 4.78 is 6.08. The second kappa shape index (κ2) is 8.26. The van der Waals surface area contributed by atoms with Gasteiger partial charge < -0.3 is 9.64 Å². The molecular formula is C17H17IN2O2S. The zero-order chi connectivity index (χ0) is 16.8. The number of amides is 1. The minimum absolute atomic E-state index is 0.232. The number of carbonyl (C=O) groups is 1. The maximum Gasteiger partial charge on any atom is 0.257 e. The number of thiocarbonyl (C=S) groups is 1. The highest BCUT2D eigenvalue weighted by Crippen LogP contribution is 2.21. The monoisotopic (exact) mass is 440 g/mol. The summed E-state index contributed by atoms with van der Waals surface area (Å²) in [4.78, 5) is 14.3. The standard InChI is InChI=1S/C17H17IN2O2S/c1-3-20(13-7-5-4-6-8-13)17(23)19-16(21)12-9-10-15(22-2)14(18)11-12/h4-11H,3H2,1-2H3,(H,19,21,23). The van der Waals surface area contributed by atoms with E-state index in [4.69, 9.17) is 17.0 Å². The van der Waals surface area contributed by atoms with Crippen LogP contribution in [0.1, 0.15) is 17.3 Å². The third-order valence-electron chi connectivity index (χ3n) is 3.26. The summed E-state index contributed by atoms with van der Waals surface area (Å²) in [6.07, 6.45) is 0. The number of para-hydroxylation sites is 1. The lowest BCUT2D eigenvalue weighted by atomic mass is 10.2. The van der Waals surface area contributed by atoms with Crippen LogP contribution in [0.15, 0.2) is 48.5 Å². The predicted octanol–water partition coefficient (Wildman–Crippen LogP) is 3.84. The van der Waals surface area contributed by atoms with E-state index in [9.17, 15) is 4.79 Å². The van der Waals surface area contributed by atoms with E-state index in [-0.39, 0.29) is 5.91 Å². The highest BCUT2D eigenvalue weighted by atomic mass is 127. The van der Waals surface area contributed by atoms with Crippen LogP contribution in [-0.4, -0.2) is 24.7 Å². The van der Waals surface area contributed by atoms with Crippen LogP contribution >= 0.6 is 34.8 Å². The average Bonchev–Trinajstić information content (AvgIpc) is 2.56. The third-order valence-corrected chi connectivity index (χ3v) is 4.43. The van der Waals surface area contributed by atoms with Gasteiger partial charge in [-0.25, -0.2) is 0 Å². The number of benzene rings is 2. The van der Waals surface area contributed by atoms with Crippen LogP contribution in [0.2, 0.25) is 0 Å². The molecule has 23 heavy (non-hydrogen) atoms. The van der Waals surface area contributed by atoms with Gasteiger partial charge in [0.25, 0.3) is 5.91 Å². The molecule has 0 aliphatic heterocycles. The van der Waals surface area contributed by atoms with Crippen molar-refractivity contribution in [1.29, 1.82) is 0 Å². The number of anilines is 1. The van der Waals surface area contributed by atoms with Crippen LogP contribution in [0.3, 0.4) is 0 Å². The summed E-state index contributed by atoms with van der Waals surface area (Å²) in [5, 5.41) is 3.17. The van der Waals surface area contributed by atoms with E-state index in [1.54, 1.807) is 25.3 Å². The van der Waals surface area contributed by atoms with Gasteiger partial charge in [0.05, 0.1) is 10.7 Å². The predicted molar refractivity (Wildman–Crippen MR) is 105 cm³/mol. The van der Waals surface area contributed by atoms with Crippen molar-refractivity contribution in [3.05, 3.63) is 57.7 Å². The Morgan fingerprint density at radius 2 is 1.96 bits per heavy atom. The van der Waals surface area contributed by atoms with Crippen LogP contribution in [0.4, 0.5) is 5.69 Å². The molecule has 4 nitrogen and oxygen atoms in total. The van der Waals surface area contributed by atoms with Gasteiger partial charge in [0.1, 0.15) is 5.75 Å². The second-order valence-electron chi connectivity index (χ2n) is 4.69. The Bertz CT molecular complexity index is 707. The molecule has 1 N–H and O–H groups in total. The van der Waals surface area contributed by atoms with Gasteiger partial charge in [-0.2, -0.15) is 0 Å². The topological polar surface area (TPSA) is 41.6 Å². The molecule has 2 aromatic rings. The molecule has 0 heterocycles. The highest BCUT2D eigenvalue weighted by Gasteiger charge is 2.15. The van der Waals surface area contributed by atoms with E-state index in [0.717, 1.165) is 15.0 Å². The summed E-state index contributed by atoms with van der Waals surface area (Å²) in [7, 11) is 1.60. The SMILES string of the molecule is CCN(C(=S)NC(=O)c1ccc(OC)c(I)c1)c1ccccc1. The lowest BCUT2D eigenvalue weighted by molar-refractivity contribution is 0.0977. The molecule has 2 rings (SSSR count). The number of nitrogens with one attached hydrogen (secondary N) is 1. The number of rotatable bonds is 4. The molecule has 0 aromatic heterocycles. The molecule has 0 aliphatic carbocycles. The first-order valence-electron chi connectivity index (χ1n) is 7.08. The molecule has 120 valence electrons. The van der Waals surface area contributed by atoms with Crippen LogP contribution in [0.25, 0.3) is 0 Å². The maximum absolute atomic E-state index is 12.4. The molecule has 0 bridgehead atoms. The Balaban J connectivity index is 2.12. The summed E-state index contributed by atoms with van der Waals surface area (Å²) >= 11 is 7.52. The number of methoxy groups -OCH3 is 1. The van der Waals surface area contributed by atoms with Gasteiger partial charge in [0, 0.05) is 17.8 Å². The van der Waals surface area contributed by atoms with Crippen molar-refractivity contribution in [3.8, 4) is 5.75 Å². The van der Waals surface area contributed by atoms with E-state index < -0.39 is 0 Å². The molecule has 0 saturated heterocycles. The Morgan fingerprint density at radius 1 is 1.26 bits per heavy atom. The van der Waals surface area contributed by atoms with E-state index >= 15 is 0 Å². The minimum Gasteiger partial charge on any atom is -0.496 e. The number of hydrogen-bond acceptors (Lipinski definition) is 3. The smallest absolute Gasteiger partial charge is 0.257 e. The van der Waals surface area contributed by atoms with Crippen molar-refractivity contribution in [3.63, 3.8) is 0 Å². The lowest BCUT2D eigenvalue weighted by Gasteiger charge is -2.23. The van der Waals surface area contributed by atoms with Crippen molar-refractivity contribution >= 4 is 51.5 Å². The molecule has 0 unspecified atom stereocenters. The van der Waals surface area contributed by atoms with Gasteiger partial charge in [-0.3, -0.25) is 10.1 Å². The fourth-order valence-electron chi connectivity index (χ4n) is 2.10. The first-order valence-corrected chi connectivity index (χ1v) is 8.57. The summed E-state index contributed by atoms with van der Waals surface area (Å²) in [6, 6.07) is 15.0. The fourth-order valence-corrected chi connectivity index (χ4v) is 3.16. The largest absolute Gasteiger partial charge is 0.496 e. The van der Waals surface area contributed by atoms with Crippen molar-refractivity contribution in [2.75, 3.05) is 18.6 Å². The Kier molecular flexibility index (Phi) is 6.35. The molecule has 6 heteroatoms. The number of hydrogen-bond donors (Lipinski definition) is 1. The third kappa shape index (κ3) is 4.42. The zero-order valence-corrected chi connectivity index (χ0v) is 15.8. The summed E-state index contributed by atoms with van der Waals surface area (Å²) in [5.74, 6) is 0.508. The number of ether oxygens (including phenoxy) is 1. The summed E-state index contributed by atoms with van der Waals surface area (Å²) in [5.41, 5.74) is 1.49. The first-order chi connectivity index (χ1) is 11.1. The molecule has 0 atom stereocenters. The molecule has 0 fully saturated rings. The molecule has 0 spiro atoms. The Morgan fingerprint density at radius 3 is 2.52 bits per heavy atom. The van der Waals surface area contributed by atoms with Gasteiger partial charge in [-0.1, -0.05) is 18.2 Å². The van der Waals surface area contributed by atoms with Crippen LogP contribution in [0.5, 0.6) is 5.75 Å². The maximum atomic E-state index is 12.4. The van der Waals surface area contributed by atoms with E-state index in [1.807, 2.05) is 42.2 Å². The van der Waals surface area contributed by atoms with Crippen molar-refractivity contribution in [2.24, 2.45) is 0 Å². The average molecular weight is 440 g/mol. The molecule has 0 radical (unpaired) electrons. The molecule has 0 aliphatic rings. The second-order valence-corrected chi connectivity index (χ2v) is 6.24. The number of nitrogens with zero attached hydrogens (tertiary/aromatic N) is 1. The fraction of sp³-hybridized carbons (Fsp3) is 0.176. The van der Waals surface area contributed by atoms with Gasteiger partial charge in [0.15, 0.2) is 5.11 Å². The quantitative estimate of drug-likeness (QED) is 0.580. The van der Waals surface area contributed by atoms with Gasteiger partial charge >= 0.3 is 0 Å². The van der Waals surface area contributed by atoms with Crippen LogP contribution in [-0.2, 0) is 0 Å². The molecular weight excluding hydrogens is 423 g/mol. The van der Waals surface area contributed by atoms with Crippen LogP contribution in [0, 0.1) is 3.57 Å². The zero-order valence-electron chi connectivity index (χ0n) is 12.9. The van der Waals surface area contributed by atoms with Crippen molar-refractivity contribution < 1.29 is 9.53 Å². The van der Waals surface area contributed by atoms with Gasteiger partial charge in [-0.15, -0.1) is 0 Å². The van der Waals surface area contributed by atoms with Crippen molar-refractivity contribution in [1.82, 2.24) is 5.32 Å². The van der Waals surface area contributed by atoms with Gasteiger partial charge in [0.2, 0.25) is 0 Å². The lowest BCUT2D eigenvalue weighted by Crippen LogP contribution is -2.42. The number of halogens is 1. The van der Waals surface area contributed by atoms with Gasteiger partial charge in [-0.05, 0) is 72.1 Å². The van der Waals surface area contributed by atoms with E-state index in [0.29, 0.717) is 17.2 Å². The van der Waals surface area contributed by atoms with Crippen molar-refractivity contribution in [2.45, 2.75) is 6.92 Å². The molecule has 1 amide bonds. The molecule has 2 aromatic carbocycles. The van der Waals surface area contributed by atoms with Crippen LogP contribution < -0.4 is 15.0 Å². The minimum atomic E-state index is -0.232. The molecule has 0 saturated carbocycles. The Hall–Kier alpha value is -1.67. The highest BCUT2D eigenvalue weighted by molar-refractivity contribution is 14.1. The van der Waals surface area contributed by atoms with E-state index in [2.05, 4.69) is 27.9 Å². The van der Waals surface area contributed by atoms with E-state index in [1.165, 1.54) is 0 Å². The normalized spacial score (nSPS) is 10.0. The Labute approximate surface area is 155 Å². The first kappa shape index (κ1) is 17.7.